The Labute approximate surface area is 81.7 Å². The van der Waals surface area contributed by atoms with Crippen molar-refractivity contribution >= 4 is 12.1 Å². The normalized spacial score (nSPS) is 11.1. The molecule has 6 nitrogen and oxygen atoms in total. The van der Waals surface area contributed by atoms with Crippen molar-refractivity contribution in [3.63, 3.8) is 0 Å². The molecule has 0 aliphatic rings. The number of carboxylic acid groups (broad SMARTS) is 1. The van der Waals surface area contributed by atoms with E-state index >= 15 is 0 Å². The lowest BCUT2D eigenvalue weighted by Gasteiger charge is -2.01. The van der Waals surface area contributed by atoms with Crippen molar-refractivity contribution < 1.29 is 19.4 Å². The van der Waals surface area contributed by atoms with Crippen LogP contribution in [0.5, 0.6) is 0 Å². The van der Waals surface area contributed by atoms with E-state index in [1.54, 1.807) is 0 Å². The Morgan fingerprint density at radius 3 is 2.71 bits per heavy atom. The summed E-state index contributed by atoms with van der Waals surface area (Å²) in [5, 5.41) is 11.3. The molecular formula is C8H14N2O4. The summed E-state index contributed by atoms with van der Waals surface area (Å²) in [6.45, 7) is 2.53. The average molecular weight is 202 g/mol. The molecule has 14 heavy (non-hydrogen) atoms. The van der Waals surface area contributed by atoms with Gasteiger partial charge in [-0.25, -0.2) is 9.59 Å². The van der Waals surface area contributed by atoms with Crippen molar-refractivity contribution in [2.45, 2.75) is 6.92 Å². The van der Waals surface area contributed by atoms with Gasteiger partial charge in [0.25, 0.3) is 0 Å². The number of nitrogens with two attached hydrogens (primary N) is 1. The first-order chi connectivity index (χ1) is 6.54. The molecule has 1 amide bonds. The monoisotopic (exact) mass is 202 g/mol. The maximum absolute atomic E-state index is 10.3. The molecule has 0 aromatic rings. The van der Waals surface area contributed by atoms with Gasteiger partial charge in [-0.15, -0.1) is 0 Å². The summed E-state index contributed by atoms with van der Waals surface area (Å²) < 4.78 is 4.44. The molecule has 0 atom stereocenters. The van der Waals surface area contributed by atoms with Gasteiger partial charge in [-0.3, -0.25) is 0 Å². The third-order valence-electron chi connectivity index (χ3n) is 1.41. The van der Waals surface area contributed by atoms with Crippen molar-refractivity contribution in [3.05, 3.63) is 11.6 Å². The SMILES string of the molecule is CC(=CCNCCOC(N)=O)C(=O)O. The van der Waals surface area contributed by atoms with Crippen molar-refractivity contribution in [1.29, 1.82) is 0 Å². The number of carbonyl (C=O) groups excluding carboxylic acids is 1. The van der Waals surface area contributed by atoms with Crippen molar-refractivity contribution in [2.24, 2.45) is 5.73 Å². The summed E-state index contributed by atoms with van der Waals surface area (Å²) in [6.07, 6.45) is 0.719. The summed E-state index contributed by atoms with van der Waals surface area (Å²) in [7, 11) is 0. The number of carboxylic acids is 1. The zero-order valence-corrected chi connectivity index (χ0v) is 7.95. The fraction of sp³-hybridized carbons (Fsp3) is 0.500. The van der Waals surface area contributed by atoms with Gasteiger partial charge in [0.2, 0.25) is 0 Å². The van der Waals surface area contributed by atoms with Gasteiger partial charge in [-0.05, 0) is 6.92 Å². The van der Waals surface area contributed by atoms with E-state index in [1.165, 1.54) is 13.0 Å². The van der Waals surface area contributed by atoms with Crippen LogP contribution in [-0.2, 0) is 9.53 Å². The van der Waals surface area contributed by atoms with Crippen LogP contribution in [0.3, 0.4) is 0 Å². The lowest BCUT2D eigenvalue weighted by molar-refractivity contribution is -0.132. The first-order valence-corrected chi connectivity index (χ1v) is 4.07. The van der Waals surface area contributed by atoms with Crippen LogP contribution in [0.2, 0.25) is 0 Å². The van der Waals surface area contributed by atoms with Gasteiger partial charge in [0.15, 0.2) is 0 Å². The van der Waals surface area contributed by atoms with E-state index in [9.17, 15) is 9.59 Å². The molecule has 0 fully saturated rings. The van der Waals surface area contributed by atoms with E-state index in [0.29, 0.717) is 13.1 Å². The summed E-state index contributed by atoms with van der Waals surface area (Å²) in [4.78, 5) is 20.4. The number of ether oxygens (including phenoxy) is 1. The van der Waals surface area contributed by atoms with Crippen LogP contribution in [0, 0.1) is 0 Å². The Morgan fingerprint density at radius 2 is 2.21 bits per heavy atom. The Bertz CT molecular complexity index is 237. The molecule has 0 aromatic heterocycles. The van der Waals surface area contributed by atoms with E-state index in [-0.39, 0.29) is 12.2 Å². The average Bonchev–Trinajstić information content (AvgIpc) is 2.09. The highest BCUT2D eigenvalue weighted by molar-refractivity contribution is 5.85. The Kier molecular flexibility index (Phi) is 6.13. The maximum Gasteiger partial charge on any atom is 0.404 e. The largest absolute Gasteiger partial charge is 0.478 e. The van der Waals surface area contributed by atoms with Gasteiger partial charge in [-0.2, -0.15) is 0 Å². The number of hydrogen-bond donors (Lipinski definition) is 3. The first kappa shape index (κ1) is 12.4. The molecule has 0 rings (SSSR count). The van der Waals surface area contributed by atoms with Crippen LogP contribution in [0.4, 0.5) is 4.79 Å². The Hall–Kier alpha value is -1.56. The molecule has 4 N–H and O–H groups in total. The Morgan fingerprint density at radius 1 is 1.57 bits per heavy atom. The fourth-order valence-electron chi connectivity index (χ4n) is 0.638. The summed E-state index contributed by atoms with van der Waals surface area (Å²) in [5.41, 5.74) is 4.99. The number of primary amides is 1. The van der Waals surface area contributed by atoms with E-state index in [0.717, 1.165) is 0 Å². The van der Waals surface area contributed by atoms with Crippen LogP contribution >= 0.6 is 0 Å². The molecule has 80 valence electrons. The zero-order valence-electron chi connectivity index (χ0n) is 7.95. The number of nitrogens with one attached hydrogen (secondary N) is 1. The highest BCUT2D eigenvalue weighted by atomic mass is 16.5. The molecule has 0 bridgehead atoms. The molecule has 0 spiro atoms. The first-order valence-electron chi connectivity index (χ1n) is 4.07. The number of hydrogen-bond acceptors (Lipinski definition) is 4. The second-order valence-corrected chi connectivity index (χ2v) is 2.56. The summed E-state index contributed by atoms with van der Waals surface area (Å²) >= 11 is 0. The van der Waals surface area contributed by atoms with Gasteiger partial charge in [-0.1, -0.05) is 6.08 Å². The lowest BCUT2D eigenvalue weighted by atomic mass is 10.3. The molecule has 0 aliphatic heterocycles. The fourth-order valence-corrected chi connectivity index (χ4v) is 0.638. The predicted molar refractivity (Wildman–Crippen MR) is 49.8 cm³/mol. The second kappa shape index (κ2) is 6.90. The third-order valence-corrected chi connectivity index (χ3v) is 1.41. The quantitative estimate of drug-likeness (QED) is 0.405. The van der Waals surface area contributed by atoms with Crippen molar-refractivity contribution in [1.82, 2.24) is 5.32 Å². The Balaban J connectivity index is 3.42. The molecule has 0 heterocycles. The van der Waals surface area contributed by atoms with Crippen LogP contribution in [0.15, 0.2) is 11.6 Å². The highest BCUT2D eigenvalue weighted by Crippen LogP contribution is 1.89. The minimum atomic E-state index is -0.944. The molecule has 0 aliphatic carbocycles. The van der Waals surface area contributed by atoms with Crippen molar-refractivity contribution in [3.8, 4) is 0 Å². The summed E-state index contributed by atoms with van der Waals surface area (Å²) in [5.74, 6) is -0.944. The number of amides is 1. The molecule has 0 aromatic carbocycles. The van der Waals surface area contributed by atoms with E-state index < -0.39 is 12.1 Å². The van der Waals surface area contributed by atoms with E-state index in [2.05, 4.69) is 10.1 Å². The van der Waals surface area contributed by atoms with Gasteiger partial charge < -0.3 is 20.9 Å². The topological polar surface area (TPSA) is 102 Å². The predicted octanol–water partition coefficient (Wildman–Crippen LogP) is -0.298. The van der Waals surface area contributed by atoms with E-state index in [4.69, 9.17) is 10.8 Å². The number of carbonyl (C=O) groups is 2. The molecule has 0 saturated heterocycles. The van der Waals surface area contributed by atoms with E-state index in [1.807, 2.05) is 0 Å². The minimum absolute atomic E-state index is 0.176. The molecular weight excluding hydrogens is 188 g/mol. The van der Waals surface area contributed by atoms with Gasteiger partial charge in [0.1, 0.15) is 6.61 Å². The maximum atomic E-state index is 10.3. The smallest absolute Gasteiger partial charge is 0.404 e. The van der Waals surface area contributed by atoms with Crippen LogP contribution in [-0.4, -0.2) is 36.9 Å². The molecule has 0 unspecified atom stereocenters. The zero-order chi connectivity index (χ0) is 11.0. The molecule has 6 heteroatoms. The minimum Gasteiger partial charge on any atom is -0.478 e. The molecule has 0 radical (unpaired) electrons. The number of aliphatic carboxylic acids is 1. The van der Waals surface area contributed by atoms with Gasteiger partial charge in [0, 0.05) is 18.7 Å². The van der Waals surface area contributed by atoms with Crippen LogP contribution in [0.1, 0.15) is 6.92 Å². The number of rotatable bonds is 6. The highest BCUT2D eigenvalue weighted by Gasteiger charge is 1.97. The van der Waals surface area contributed by atoms with Gasteiger partial charge >= 0.3 is 12.1 Å². The van der Waals surface area contributed by atoms with Gasteiger partial charge in [0.05, 0.1) is 0 Å². The standard InChI is InChI=1S/C8H14N2O4/c1-6(7(11)12)2-3-10-4-5-14-8(9)13/h2,10H,3-5H2,1H3,(H2,9,13)(H,11,12). The lowest BCUT2D eigenvalue weighted by Crippen LogP contribution is -2.23. The summed E-state index contributed by atoms with van der Waals surface area (Å²) in [6, 6.07) is 0. The van der Waals surface area contributed by atoms with Crippen molar-refractivity contribution in [2.75, 3.05) is 19.7 Å². The van der Waals surface area contributed by atoms with Crippen LogP contribution < -0.4 is 11.1 Å². The van der Waals surface area contributed by atoms with Crippen LogP contribution in [0.25, 0.3) is 0 Å². The third kappa shape index (κ3) is 7.11. The molecule has 0 saturated carbocycles. The second-order valence-electron chi connectivity index (χ2n) is 2.56.